The third-order valence-electron chi connectivity index (χ3n) is 5.24. The lowest BCUT2D eigenvalue weighted by Crippen LogP contribution is -2.12. The van der Waals surface area contributed by atoms with Crippen LogP contribution in [0.4, 0.5) is 28.4 Å². The predicted molar refractivity (Wildman–Crippen MR) is 136 cm³/mol. The molecule has 0 aliphatic rings. The Kier molecular flexibility index (Phi) is 5.96. The third-order valence-corrected chi connectivity index (χ3v) is 5.24. The summed E-state index contributed by atoms with van der Waals surface area (Å²) in [6.45, 7) is 0. The maximum atomic E-state index is 12.9. The number of anilines is 5. The molecule has 0 aliphatic heterocycles. The summed E-state index contributed by atoms with van der Waals surface area (Å²) in [5.41, 5.74) is 5.49. The van der Waals surface area contributed by atoms with Gasteiger partial charge in [0.15, 0.2) is 0 Å². The second kappa shape index (κ2) is 9.68. The van der Waals surface area contributed by atoms with E-state index in [-0.39, 0.29) is 5.91 Å². The minimum absolute atomic E-state index is 0.284. The van der Waals surface area contributed by atoms with E-state index in [4.69, 9.17) is 0 Å². The molecular formula is C27H19N7O. The molecule has 3 heterocycles. The number of rotatable bonds is 6. The zero-order chi connectivity index (χ0) is 24.0. The fraction of sp³-hybridized carbons (Fsp3) is 0. The van der Waals surface area contributed by atoms with Crippen molar-refractivity contribution < 1.29 is 4.79 Å². The van der Waals surface area contributed by atoms with Crippen LogP contribution in [0, 0.1) is 11.3 Å². The van der Waals surface area contributed by atoms with Gasteiger partial charge in [-0.3, -0.25) is 19.7 Å². The van der Waals surface area contributed by atoms with Crippen LogP contribution in [0.5, 0.6) is 0 Å². The number of nitrogens with one attached hydrogen (secondary N) is 3. The minimum Gasteiger partial charge on any atom is -0.355 e. The van der Waals surface area contributed by atoms with Crippen molar-refractivity contribution in [3.8, 4) is 6.07 Å². The molecule has 5 rings (SSSR count). The molecule has 5 aromatic rings. The average Bonchev–Trinajstić information content (AvgIpc) is 2.89. The van der Waals surface area contributed by atoms with E-state index < -0.39 is 0 Å². The van der Waals surface area contributed by atoms with Gasteiger partial charge < -0.3 is 16.0 Å². The summed E-state index contributed by atoms with van der Waals surface area (Å²) in [5.74, 6) is -0.284. The summed E-state index contributed by atoms with van der Waals surface area (Å²) in [4.78, 5) is 25.5. The number of carbonyl (C=O) groups is 1. The minimum atomic E-state index is -0.284. The van der Waals surface area contributed by atoms with Crippen molar-refractivity contribution in [2.24, 2.45) is 0 Å². The van der Waals surface area contributed by atoms with Gasteiger partial charge in [0.2, 0.25) is 0 Å². The van der Waals surface area contributed by atoms with Gasteiger partial charge in [0.1, 0.15) is 0 Å². The van der Waals surface area contributed by atoms with Crippen molar-refractivity contribution >= 4 is 45.2 Å². The number of nitriles is 1. The highest BCUT2D eigenvalue weighted by Crippen LogP contribution is 2.26. The fourth-order valence-electron chi connectivity index (χ4n) is 3.59. The smallest absolute Gasteiger partial charge is 0.257 e. The number of benzene rings is 2. The summed E-state index contributed by atoms with van der Waals surface area (Å²) in [7, 11) is 0. The van der Waals surface area contributed by atoms with Gasteiger partial charge in [-0.05, 0) is 60.7 Å². The van der Waals surface area contributed by atoms with Gasteiger partial charge in [0.05, 0.1) is 34.6 Å². The second-order valence-electron chi connectivity index (χ2n) is 7.69. The molecule has 3 N–H and O–H groups in total. The summed E-state index contributed by atoms with van der Waals surface area (Å²) in [6.07, 6.45) is 8.25. The summed E-state index contributed by atoms with van der Waals surface area (Å²) < 4.78 is 0. The molecule has 3 aromatic heterocycles. The van der Waals surface area contributed by atoms with Crippen LogP contribution in [-0.2, 0) is 0 Å². The van der Waals surface area contributed by atoms with Crippen molar-refractivity contribution in [2.75, 3.05) is 16.0 Å². The van der Waals surface area contributed by atoms with Crippen LogP contribution in [0.2, 0.25) is 0 Å². The van der Waals surface area contributed by atoms with E-state index in [9.17, 15) is 10.1 Å². The van der Waals surface area contributed by atoms with E-state index >= 15 is 0 Å². The highest BCUT2D eigenvalue weighted by Gasteiger charge is 2.10. The van der Waals surface area contributed by atoms with Crippen molar-refractivity contribution in [3.63, 3.8) is 0 Å². The highest BCUT2D eigenvalue weighted by atomic mass is 16.1. The molecule has 0 bridgehead atoms. The van der Waals surface area contributed by atoms with Crippen LogP contribution in [0.25, 0.3) is 10.9 Å². The SMILES string of the molecule is N#Cc1ccc2nccc(Nc3cncc(C(=O)Nc4cccc(Nc5ccncc5)c4)c3)c2c1. The first-order chi connectivity index (χ1) is 17.2. The average molecular weight is 457 g/mol. The number of fused-ring (bicyclic) bond motifs is 1. The van der Waals surface area contributed by atoms with Crippen molar-refractivity contribution in [2.45, 2.75) is 0 Å². The molecule has 0 saturated heterocycles. The lowest BCUT2D eigenvalue weighted by Gasteiger charge is -2.12. The van der Waals surface area contributed by atoms with Crippen molar-refractivity contribution in [1.82, 2.24) is 15.0 Å². The molecule has 1 amide bonds. The Bertz CT molecular complexity index is 1560. The largest absolute Gasteiger partial charge is 0.355 e. The lowest BCUT2D eigenvalue weighted by molar-refractivity contribution is 0.102. The van der Waals surface area contributed by atoms with Gasteiger partial charge >= 0.3 is 0 Å². The number of nitrogens with zero attached hydrogens (tertiary/aromatic N) is 4. The van der Waals surface area contributed by atoms with Gasteiger partial charge in [-0.15, -0.1) is 0 Å². The molecular weight excluding hydrogens is 438 g/mol. The molecule has 0 unspecified atom stereocenters. The first kappa shape index (κ1) is 21.6. The van der Waals surface area contributed by atoms with Crippen LogP contribution in [-0.4, -0.2) is 20.9 Å². The zero-order valence-corrected chi connectivity index (χ0v) is 18.4. The van der Waals surface area contributed by atoms with E-state index in [0.717, 1.165) is 28.0 Å². The van der Waals surface area contributed by atoms with E-state index in [0.29, 0.717) is 22.5 Å². The summed E-state index contributed by atoms with van der Waals surface area (Å²) in [6, 6.07) is 22.2. The Hall–Kier alpha value is -5.29. The first-order valence-corrected chi connectivity index (χ1v) is 10.8. The number of hydrogen-bond acceptors (Lipinski definition) is 7. The number of hydrogen-bond donors (Lipinski definition) is 3. The molecule has 0 atom stereocenters. The topological polar surface area (TPSA) is 116 Å². The molecule has 35 heavy (non-hydrogen) atoms. The van der Waals surface area contributed by atoms with Crippen LogP contribution in [0.3, 0.4) is 0 Å². The summed E-state index contributed by atoms with van der Waals surface area (Å²) in [5, 5.41) is 19.5. The van der Waals surface area contributed by atoms with Crippen LogP contribution in [0.1, 0.15) is 15.9 Å². The molecule has 2 aromatic carbocycles. The lowest BCUT2D eigenvalue weighted by atomic mass is 10.1. The number of aromatic nitrogens is 3. The normalized spacial score (nSPS) is 10.4. The first-order valence-electron chi connectivity index (χ1n) is 10.8. The third kappa shape index (κ3) is 5.05. The van der Waals surface area contributed by atoms with Crippen LogP contribution in [0.15, 0.2) is 97.7 Å². The maximum Gasteiger partial charge on any atom is 0.257 e. The number of pyridine rings is 3. The van der Waals surface area contributed by atoms with Gasteiger partial charge in [0.25, 0.3) is 5.91 Å². The maximum absolute atomic E-state index is 12.9. The zero-order valence-electron chi connectivity index (χ0n) is 18.4. The Labute approximate surface area is 201 Å². The van der Waals surface area contributed by atoms with Crippen LogP contribution < -0.4 is 16.0 Å². The molecule has 0 saturated carbocycles. The monoisotopic (exact) mass is 457 g/mol. The molecule has 8 nitrogen and oxygen atoms in total. The highest BCUT2D eigenvalue weighted by molar-refractivity contribution is 6.05. The van der Waals surface area contributed by atoms with Gasteiger partial charge in [-0.2, -0.15) is 5.26 Å². The van der Waals surface area contributed by atoms with Gasteiger partial charge in [-0.1, -0.05) is 6.07 Å². The van der Waals surface area contributed by atoms with Gasteiger partial charge in [0, 0.05) is 52.9 Å². The fourth-order valence-corrected chi connectivity index (χ4v) is 3.59. The van der Waals surface area contributed by atoms with E-state index in [1.807, 2.05) is 42.5 Å². The number of amides is 1. The van der Waals surface area contributed by atoms with E-state index in [1.54, 1.807) is 49.1 Å². The summed E-state index contributed by atoms with van der Waals surface area (Å²) >= 11 is 0. The van der Waals surface area contributed by atoms with Crippen molar-refractivity contribution in [1.29, 1.82) is 5.26 Å². The van der Waals surface area contributed by atoms with Crippen LogP contribution >= 0.6 is 0 Å². The standard InChI is InChI=1S/C27H19N7O/c28-15-18-4-5-25-24(12-18)26(8-11-31-25)33-23-13-19(16-30-17-23)27(35)34-22-3-1-2-21(14-22)32-20-6-9-29-10-7-20/h1-14,16-17H,(H,29,32)(H,31,33)(H,34,35). The molecule has 168 valence electrons. The Morgan fingerprint density at radius 3 is 2.49 bits per heavy atom. The number of carbonyl (C=O) groups excluding carboxylic acids is 1. The Balaban J connectivity index is 1.33. The molecule has 0 fully saturated rings. The van der Waals surface area contributed by atoms with E-state index in [1.165, 1.54) is 6.20 Å². The van der Waals surface area contributed by atoms with Crippen molar-refractivity contribution in [3.05, 3.63) is 109 Å². The molecule has 0 radical (unpaired) electrons. The van der Waals surface area contributed by atoms with E-state index in [2.05, 4.69) is 37.0 Å². The predicted octanol–water partition coefficient (Wildman–Crippen LogP) is 5.64. The molecule has 0 spiro atoms. The second-order valence-corrected chi connectivity index (χ2v) is 7.69. The van der Waals surface area contributed by atoms with Gasteiger partial charge in [-0.25, -0.2) is 0 Å². The Morgan fingerprint density at radius 2 is 1.63 bits per heavy atom. The molecule has 0 aliphatic carbocycles. The Morgan fingerprint density at radius 1 is 0.771 bits per heavy atom. The quantitative estimate of drug-likeness (QED) is 0.302. The molecule has 8 heteroatoms.